The number of nitrogens with zero attached hydrogens (tertiary/aromatic N) is 3. The Hall–Kier alpha value is -3.99. The van der Waals surface area contributed by atoms with Crippen LogP contribution < -0.4 is 0 Å². The highest BCUT2D eigenvalue weighted by molar-refractivity contribution is 5.94. The lowest BCUT2D eigenvalue weighted by molar-refractivity contribution is 0.0697. The van der Waals surface area contributed by atoms with Gasteiger partial charge in [0.05, 0.1) is 27.8 Å². The van der Waals surface area contributed by atoms with E-state index in [1.54, 1.807) is 12.1 Å². The standard InChI is InChI=1S/C30H27N3O2/c1-19-6-5-7-20(16-19)25-13-10-21-17-22(11-14-26(21)31-25)29-32-27-18-23(30(34)35)12-15-28(27)33(29)24-8-3-2-4-9-24/h5-7,10-18,24H,2-4,8-9H2,1H3,(H,34,35). The summed E-state index contributed by atoms with van der Waals surface area (Å²) >= 11 is 0. The molecule has 5 aromatic rings. The number of rotatable bonds is 4. The van der Waals surface area contributed by atoms with Gasteiger partial charge >= 0.3 is 5.97 Å². The largest absolute Gasteiger partial charge is 0.478 e. The quantitative estimate of drug-likeness (QED) is 0.302. The number of imidazole rings is 1. The van der Waals surface area contributed by atoms with Gasteiger partial charge in [-0.1, -0.05) is 49.1 Å². The summed E-state index contributed by atoms with van der Waals surface area (Å²) < 4.78 is 2.34. The Kier molecular flexibility index (Phi) is 5.33. The number of carboxylic acid groups (broad SMARTS) is 1. The van der Waals surface area contributed by atoms with Gasteiger partial charge in [-0.2, -0.15) is 0 Å². The van der Waals surface area contributed by atoms with Gasteiger partial charge in [0, 0.05) is 22.6 Å². The van der Waals surface area contributed by atoms with Crippen LogP contribution in [0.5, 0.6) is 0 Å². The first kappa shape index (κ1) is 21.5. The van der Waals surface area contributed by atoms with Crippen LogP contribution in [0, 0.1) is 6.92 Å². The van der Waals surface area contributed by atoms with E-state index < -0.39 is 5.97 Å². The van der Waals surface area contributed by atoms with Gasteiger partial charge in [-0.05, 0) is 68.3 Å². The molecule has 2 aromatic heterocycles. The van der Waals surface area contributed by atoms with Gasteiger partial charge < -0.3 is 9.67 Å². The monoisotopic (exact) mass is 461 g/mol. The third-order valence-electron chi connectivity index (χ3n) is 7.14. The summed E-state index contributed by atoms with van der Waals surface area (Å²) in [6.45, 7) is 2.09. The van der Waals surface area contributed by atoms with Crippen molar-refractivity contribution in [1.29, 1.82) is 0 Å². The maximum atomic E-state index is 11.6. The first-order valence-electron chi connectivity index (χ1n) is 12.3. The Morgan fingerprint density at radius 1 is 0.857 bits per heavy atom. The summed E-state index contributed by atoms with van der Waals surface area (Å²) in [5.41, 5.74) is 7.27. The van der Waals surface area contributed by atoms with Gasteiger partial charge in [0.25, 0.3) is 0 Å². The third-order valence-corrected chi connectivity index (χ3v) is 7.14. The maximum Gasteiger partial charge on any atom is 0.335 e. The summed E-state index contributed by atoms with van der Waals surface area (Å²) in [7, 11) is 0. The average Bonchev–Trinajstić information content (AvgIpc) is 3.27. The molecule has 0 radical (unpaired) electrons. The van der Waals surface area contributed by atoms with Crippen molar-refractivity contribution in [2.45, 2.75) is 45.1 Å². The second kappa shape index (κ2) is 8.66. The van der Waals surface area contributed by atoms with Gasteiger partial charge in [0.15, 0.2) is 0 Å². The van der Waals surface area contributed by atoms with Crippen molar-refractivity contribution < 1.29 is 9.90 Å². The molecular weight excluding hydrogens is 434 g/mol. The highest BCUT2D eigenvalue weighted by Gasteiger charge is 2.23. The molecular formula is C30H27N3O2. The first-order valence-corrected chi connectivity index (χ1v) is 12.3. The Balaban J connectivity index is 1.47. The second-order valence-corrected chi connectivity index (χ2v) is 9.58. The van der Waals surface area contributed by atoms with Gasteiger partial charge in [-0.3, -0.25) is 0 Å². The van der Waals surface area contributed by atoms with Crippen LogP contribution in [0.1, 0.15) is 54.1 Å². The smallest absolute Gasteiger partial charge is 0.335 e. The number of carbonyl (C=O) groups is 1. The Morgan fingerprint density at radius 2 is 1.71 bits per heavy atom. The number of hydrogen-bond acceptors (Lipinski definition) is 3. The minimum atomic E-state index is -0.929. The van der Waals surface area contributed by atoms with E-state index in [0.29, 0.717) is 6.04 Å². The van der Waals surface area contributed by atoms with Crippen LogP contribution in [0.3, 0.4) is 0 Å². The molecule has 1 aliphatic carbocycles. The highest BCUT2D eigenvalue weighted by atomic mass is 16.4. The van der Waals surface area contributed by atoms with Gasteiger partial charge in [-0.15, -0.1) is 0 Å². The van der Waals surface area contributed by atoms with E-state index in [1.165, 1.54) is 24.8 Å². The summed E-state index contributed by atoms with van der Waals surface area (Å²) in [5, 5.41) is 10.5. The van der Waals surface area contributed by atoms with E-state index in [9.17, 15) is 9.90 Å². The van der Waals surface area contributed by atoms with Gasteiger partial charge in [0.1, 0.15) is 5.82 Å². The fourth-order valence-electron chi connectivity index (χ4n) is 5.37. The third kappa shape index (κ3) is 3.97. The highest BCUT2D eigenvalue weighted by Crippen LogP contribution is 2.37. The zero-order valence-corrected chi connectivity index (χ0v) is 19.7. The SMILES string of the molecule is Cc1cccc(-c2ccc3cc(-c4nc5cc(C(=O)O)ccc5n4C4CCCCC4)ccc3n2)c1. The molecule has 1 saturated carbocycles. The predicted molar refractivity (Wildman–Crippen MR) is 140 cm³/mol. The van der Waals surface area contributed by atoms with Crippen molar-refractivity contribution in [3.63, 3.8) is 0 Å². The van der Waals surface area contributed by atoms with Crippen molar-refractivity contribution in [2.24, 2.45) is 0 Å². The van der Waals surface area contributed by atoms with E-state index in [0.717, 1.165) is 57.4 Å². The van der Waals surface area contributed by atoms with Crippen LogP contribution in [-0.2, 0) is 0 Å². The van der Waals surface area contributed by atoms with Crippen molar-refractivity contribution in [2.75, 3.05) is 0 Å². The number of aromatic carboxylic acids is 1. The van der Waals surface area contributed by atoms with Crippen LogP contribution in [0.25, 0.3) is 44.6 Å². The molecule has 0 atom stereocenters. The minimum Gasteiger partial charge on any atom is -0.478 e. The maximum absolute atomic E-state index is 11.6. The second-order valence-electron chi connectivity index (χ2n) is 9.58. The summed E-state index contributed by atoms with van der Waals surface area (Å²) in [5.74, 6) is -0.0269. The molecule has 0 amide bonds. The van der Waals surface area contributed by atoms with Crippen molar-refractivity contribution in [3.05, 3.63) is 83.9 Å². The molecule has 1 N–H and O–H groups in total. The molecule has 0 bridgehead atoms. The molecule has 0 unspecified atom stereocenters. The fourth-order valence-corrected chi connectivity index (χ4v) is 5.37. The predicted octanol–water partition coefficient (Wildman–Crippen LogP) is 7.43. The molecule has 0 saturated heterocycles. The molecule has 5 heteroatoms. The Bertz CT molecular complexity index is 1580. The molecule has 35 heavy (non-hydrogen) atoms. The normalized spacial score (nSPS) is 14.5. The first-order chi connectivity index (χ1) is 17.1. The van der Waals surface area contributed by atoms with E-state index in [-0.39, 0.29) is 5.56 Å². The van der Waals surface area contributed by atoms with E-state index >= 15 is 0 Å². The van der Waals surface area contributed by atoms with Crippen LogP contribution in [0.2, 0.25) is 0 Å². The molecule has 0 aliphatic heterocycles. The van der Waals surface area contributed by atoms with Crippen LogP contribution in [0.4, 0.5) is 0 Å². The van der Waals surface area contributed by atoms with E-state index in [2.05, 4.69) is 66.1 Å². The zero-order valence-electron chi connectivity index (χ0n) is 19.7. The van der Waals surface area contributed by atoms with E-state index in [4.69, 9.17) is 9.97 Å². The van der Waals surface area contributed by atoms with Gasteiger partial charge in [-0.25, -0.2) is 14.8 Å². The van der Waals surface area contributed by atoms with Gasteiger partial charge in [0.2, 0.25) is 0 Å². The summed E-state index contributed by atoms with van der Waals surface area (Å²) in [4.78, 5) is 21.4. The molecule has 5 nitrogen and oxygen atoms in total. The lowest BCUT2D eigenvalue weighted by Crippen LogP contribution is -2.14. The van der Waals surface area contributed by atoms with Crippen molar-refractivity contribution in [1.82, 2.24) is 14.5 Å². The molecule has 1 fully saturated rings. The lowest BCUT2D eigenvalue weighted by atomic mass is 9.94. The van der Waals surface area contributed by atoms with E-state index in [1.807, 2.05) is 6.07 Å². The number of aromatic nitrogens is 3. The Labute approximate surface area is 204 Å². The molecule has 2 heterocycles. The van der Waals surface area contributed by atoms with Crippen LogP contribution >= 0.6 is 0 Å². The summed E-state index contributed by atoms with van der Waals surface area (Å²) in [6, 6.07) is 24.6. The average molecular weight is 462 g/mol. The number of aryl methyl sites for hydroxylation is 1. The van der Waals surface area contributed by atoms with Crippen molar-refractivity contribution in [3.8, 4) is 22.6 Å². The zero-order chi connectivity index (χ0) is 23.9. The topological polar surface area (TPSA) is 68.0 Å². The minimum absolute atomic E-state index is 0.267. The molecule has 3 aromatic carbocycles. The van der Waals surface area contributed by atoms with Crippen LogP contribution in [0.15, 0.2) is 72.8 Å². The number of fused-ring (bicyclic) bond motifs is 2. The molecule has 174 valence electrons. The number of benzene rings is 3. The Morgan fingerprint density at radius 3 is 2.51 bits per heavy atom. The number of hydrogen-bond donors (Lipinski definition) is 1. The van der Waals surface area contributed by atoms with Crippen LogP contribution in [-0.4, -0.2) is 25.6 Å². The number of pyridine rings is 1. The molecule has 1 aliphatic rings. The fraction of sp³-hybridized carbons (Fsp3) is 0.233. The summed E-state index contributed by atoms with van der Waals surface area (Å²) in [6.07, 6.45) is 5.93. The molecule has 6 rings (SSSR count). The lowest BCUT2D eigenvalue weighted by Gasteiger charge is -2.25. The van der Waals surface area contributed by atoms with Crippen molar-refractivity contribution >= 4 is 27.9 Å². The molecule has 0 spiro atoms. The number of carboxylic acids is 1.